The van der Waals surface area contributed by atoms with Gasteiger partial charge in [0.15, 0.2) is 0 Å². The third-order valence-corrected chi connectivity index (χ3v) is 3.07. The number of aryl methyl sites for hydroxylation is 1. The van der Waals surface area contributed by atoms with Crippen molar-refractivity contribution < 1.29 is 0 Å². The van der Waals surface area contributed by atoms with E-state index < -0.39 is 0 Å². The zero-order valence-electron chi connectivity index (χ0n) is 7.49. The van der Waals surface area contributed by atoms with Crippen LogP contribution in [-0.2, 0) is 0 Å². The van der Waals surface area contributed by atoms with Crippen molar-refractivity contribution in [2.45, 2.75) is 6.92 Å². The van der Waals surface area contributed by atoms with Crippen molar-refractivity contribution in [2.75, 3.05) is 5.73 Å². The highest BCUT2D eigenvalue weighted by Gasteiger charge is 2.06. The molecule has 0 aromatic carbocycles. The maximum atomic E-state index is 5.72. The third kappa shape index (κ3) is 1.71. The lowest BCUT2D eigenvalue weighted by atomic mass is 10.3. The highest BCUT2D eigenvalue weighted by molar-refractivity contribution is 7.18. The lowest BCUT2D eigenvalue weighted by molar-refractivity contribution is 1.25. The van der Waals surface area contributed by atoms with E-state index in [0.29, 0.717) is 5.15 Å². The molecule has 0 aliphatic rings. The number of pyridine rings is 1. The van der Waals surface area contributed by atoms with E-state index in [1.807, 2.05) is 13.0 Å². The summed E-state index contributed by atoms with van der Waals surface area (Å²) in [4.78, 5) is 8.31. The number of thiazole rings is 1. The fraction of sp³-hybridized carbons (Fsp3) is 0.111. The second-order valence-electron chi connectivity index (χ2n) is 2.84. The zero-order valence-corrected chi connectivity index (χ0v) is 9.06. The zero-order chi connectivity index (χ0) is 10.1. The molecule has 2 heterocycles. The molecule has 0 saturated heterocycles. The lowest BCUT2D eigenvalue weighted by Gasteiger charge is -1.94. The van der Waals surface area contributed by atoms with Crippen molar-refractivity contribution >= 4 is 27.9 Å². The first kappa shape index (κ1) is 9.43. The number of nitrogens with zero attached hydrogens (tertiary/aromatic N) is 2. The lowest BCUT2D eigenvalue weighted by Crippen LogP contribution is -1.82. The molecule has 2 rings (SSSR count). The fourth-order valence-corrected chi connectivity index (χ4v) is 1.97. The minimum Gasteiger partial charge on any atom is -0.389 e. The average Bonchev–Trinajstić information content (AvgIpc) is 2.48. The van der Waals surface area contributed by atoms with Gasteiger partial charge < -0.3 is 5.73 Å². The predicted octanol–water partition coefficient (Wildman–Crippen LogP) is 2.75. The Bertz CT molecular complexity index is 430. The molecule has 0 fully saturated rings. The van der Waals surface area contributed by atoms with E-state index in [-0.39, 0.29) is 0 Å². The Morgan fingerprint density at radius 3 is 2.71 bits per heavy atom. The Morgan fingerprint density at radius 2 is 2.21 bits per heavy atom. The molecule has 0 amide bonds. The predicted molar refractivity (Wildman–Crippen MR) is 59.5 cm³/mol. The Morgan fingerprint density at radius 1 is 1.43 bits per heavy atom. The molecule has 2 N–H and O–H groups in total. The van der Waals surface area contributed by atoms with Crippen LogP contribution >= 0.6 is 22.9 Å². The van der Waals surface area contributed by atoms with Gasteiger partial charge in [-0.3, -0.25) is 0 Å². The van der Waals surface area contributed by atoms with Crippen molar-refractivity contribution in [3.8, 4) is 10.6 Å². The van der Waals surface area contributed by atoms with Crippen LogP contribution in [0.25, 0.3) is 10.6 Å². The second kappa shape index (κ2) is 3.55. The van der Waals surface area contributed by atoms with Crippen LogP contribution in [0, 0.1) is 6.92 Å². The summed E-state index contributed by atoms with van der Waals surface area (Å²) in [6.07, 6.45) is 1.69. The van der Waals surface area contributed by atoms with Crippen molar-refractivity contribution in [2.24, 2.45) is 0 Å². The summed E-state index contributed by atoms with van der Waals surface area (Å²) in [7, 11) is 0. The summed E-state index contributed by atoms with van der Waals surface area (Å²) in [5, 5.41) is 2.11. The van der Waals surface area contributed by atoms with Gasteiger partial charge in [-0.2, -0.15) is 0 Å². The van der Waals surface area contributed by atoms with Crippen molar-refractivity contribution in [3.63, 3.8) is 0 Å². The molecule has 0 aliphatic carbocycles. The Kier molecular flexibility index (Phi) is 2.39. The first-order valence-electron chi connectivity index (χ1n) is 4.01. The SMILES string of the molecule is Cc1nc(-c2ccc(Cl)nc2)sc1N. The van der Waals surface area contributed by atoms with E-state index in [1.54, 1.807) is 12.3 Å². The quantitative estimate of drug-likeness (QED) is 0.760. The van der Waals surface area contributed by atoms with Gasteiger partial charge in [0.05, 0.1) is 5.69 Å². The smallest absolute Gasteiger partial charge is 0.129 e. The molecule has 0 radical (unpaired) electrons. The van der Waals surface area contributed by atoms with Crippen LogP contribution in [0.3, 0.4) is 0 Å². The summed E-state index contributed by atoms with van der Waals surface area (Å²) in [6.45, 7) is 1.89. The topological polar surface area (TPSA) is 51.8 Å². The number of nitrogens with two attached hydrogens (primary N) is 1. The van der Waals surface area contributed by atoms with E-state index >= 15 is 0 Å². The van der Waals surface area contributed by atoms with Gasteiger partial charge >= 0.3 is 0 Å². The van der Waals surface area contributed by atoms with E-state index in [0.717, 1.165) is 21.3 Å². The highest BCUT2D eigenvalue weighted by atomic mass is 35.5. The van der Waals surface area contributed by atoms with Crippen LogP contribution < -0.4 is 5.73 Å². The monoisotopic (exact) mass is 225 g/mol. The van der Waals surface area contributed by atoms with Gasteiger partial charge in [0.25, 0.3) is 0 Å². The molecule has 0 aliphatic heterocycles. The largest absolute Gasteiger partial charge is 0.389 e. The molecule has 72 valence electrons. The first-order chi connectivity index (χ1) is 6.66. The van der Waals surface area contributed by atoms with Gasteiger partial charge in [-0.15, -0.1) is 0 Å². The molecule has 5 heteroatoms. The molecule has 0 atom stereocenters. The summed E-state index contributed by atoms with van der Waals surface area (Å²) in [5.41, 5.74) is 7.52. The van der Waals surface area contributed by atoms with Crippen molar-refractivity contribution in [1.82, 2.24) is 9.97 Å². The van der Waals surface area contributed by atoms with E-state index in [1.165, 1.54) is 11.3 Å². The van der Waals surface area contributed by atoms with Crippen LogP contribution in [0.1, 0.15) is 5.69 Å². The number of nitrogen functional groups attached to an aromatic ring is 1. The molecule has 14 heavy (non-hydrogen) atoms. The van der Waals surface area contributed by atoms with Crippen LogP contribution in [0.15, 0.2) is 18.3 Å². The summed E-state index contributed by atoms with van der Waals surface area (Å²) in [6, 6.07) is 3.62. The first-order valence-corrected chi connectivity index (χ1v) is 5.21. The van der Waals surface area contributed by atoms with Gasteiger partial charge in [0.1, 0.15) is 15.2 Å². The molecule has 0 bridgehead atoms. The standard InChI is InChI=1S/C9H8ClN3S/c1-5-8(11)14-9(13-5)6-2-3-7(10)12-4-6/h2-4H,11H2,1H3. The van der Waals surface area contributed by atoms with Crippen molar-refractivity contribution in [1.29, 1.82) is 0 Å². The number of aromatic nitrogens is 2. The molecule has 2 aromatic rings. The fourth-order valence-electron chi connectivity index (χ4n) is 1.03. The maximum Gasteiger partial charge on any atom is 0.129 e. The van der Waals surface area contributed by atoms with Crippen molar-refractivity contribution in [3.05, 3.63) is 29.2 Å². The third-order valence-electron chi connectivity index (χ3n) is 1.81. The Hall–Kier alpha value is -1.13. The molecule has 2 aromatic heterocycles. The number of anilines is 1. The number of hydrogen-bond donors (Lipinski definition) is 1. The number of rotatable bonds is 1. The number of halogens is 1. The highest BCUT2D eigenvalue weighted by Crippen LogP contribution is 2.29. The van der Waals surface area contributed by atoms with E-state index in [9.17, 15) is 0 Å². The summed E-state index contributed by atoms with van der Waals surface area (Å²) < 4.78 is 0. The normalized spacial score (nSPS) is 10.4. The Balaban J connectivity index is 2.44. The van der Waals surface area contributed by atoms with Gasteiger partial charge in [-0.05, 0) is 19.1 Å². The molecule has 0 spiro atoms. The average molecular weight is 226 g/mol. The van der Waals surface area contributed by atoms with Gasteiger partial charge in [0, 0.05) is 11.8 Å². The minimum absolute atomic E-state index is 0.481. The molecular weight excluding hydrogens is 218 g/mol. The number of hydrogen-bond acceptors (Lipinski definition) is 4. The van der Waals surface area contributed by atoms with Crippen LogP contribution in [0.4, 0.5) is 5.00 Å². The maximum absolute atomic E-state index is 5.72. The molecule has 0 unspecified atom stereocenters. The summed E-state index contributed by atoms with van der Waals surface area (Å²) >= 11 is 7.14. The van der Waals surface area contributed by atoms with E-state index in [2.05, 4.69) is 9.97 Å². The summed E-state index contributed by atoms with van der Waals surface area (Å²) in [5.74, 6) is 0. The van der Waals surface area contributed by atoms with Gasteiger partial charge in [0.2, 0.25) is 0 Å². The van der Waals surface area contributed by atoms with E-state index in [4.69, 9.17) is 17.3 Å². The molecule has 0 saturated carbocycles. The van der Waals surface area contributed by atoms with Crippen LogP contribution in [0.5, 0.6) is 0 Å². The van der Waals surface area contributed by atoms with Crippen LogP contribution in [-0.4, -0.2) is 9.97 Å². The second-order valence-corrected chi connectivity index (χ2v) is 4.26. The molecular formula is C9H8ClN3S. The molecule has 3 nitrogen and oxygen atoms in total. The van der Waals surface area contributed by atoms with Gasteiger partial charge in [-0.1, -0.05) is 22.9 Å². The van der Waals surface area contributed by atoms with Crippen LogP contribution in [0.2, 0.25) is 5.15 Å². The Labute approximate surface area is 90.6 Å². The minimum atomic E-state index is 0.481. The van der Waals surface area contributed by atoms with Gasteiger partial charge in [-0.25, -0.2) is 9.97 Å².